The van der Waals surface area contributed by atoms with Crippen molar-refractivity contribution in [1.82, 2.24) is 0 Å². The molecule has 1 aromatic rings. The highest BCUT2D eigenvalue weighted by Crippen LogP contribution is 2.24. The van der Waals surface area contributed by atoms with Crippen LogP contribution in [0, 0.1) is 0 Å². The molecule has 0 fully saturated rings. The first-order valence-electron chi connectivity index (χ1n) is 7.29. The van der Waals surface area contributed by atoms with Gasteiger partial charge in [-0.1, -0.05) is 18.9 Å². The Hall–Kier alpha value is -1.88. The van der Waals surface area contributed by atoms with Gasteiger partial charge in [0.05, 0.1) is 18.0 Å². The fourth-order valence-corrected chi connectivity index (χ4v) is 2.12. The molecule has 0 atom stereocenters. The fourth-order valence-electron chi connectivity index (χ4n) is 2.12. The first-order chi connectivity index (χ1) is 10.0. The largest absolute Gasteiger partial charge is 0.325 e. The summed E-state index contributed by atoms with van der Waals surface area (Å²) in [5.74, 6) is -0.346. The van der Waals surface area contributed by atoms with E-state index >= 15 is 0 Å². The van der Waals surface area contributed by atoms with Gasteiger partial charge in [-0.3, -0.25) is 9.59 Å². The van der Waals surface area contributed by atoms with Crippen LogP contribution >= 0.6 is 0 Å². The maximum absolute atomic E-state index is 11.2. The van der Waals surface area contributed by atoms with Gasteiger partial charge in [0.25, 0.3) is 0 Å². The highest BCUT2D eigenvalue weighted by molar-refractivity contribution is 5.98. The predicted octanol–water partition coefficient (Wildman–Crippen LogP) is 3.14. The Morgan fingerprint density at radius 3 is 2.14 bits per heavy atom. The van der Waals surface area contributed by atoms with Crippen molar-refractivity contribution in [2.75, 3.05) is 17.2 Å². The molecule has 115 valence electrons. The highest BCUT2D eigenvalue weighted by Gasteiger charge is 2.07. The van der Waals surface area contributed by atoms with Gasteiger partial charge in [-0.05, 0) is 37.0 Å². The van der Waals surface area contributed by atoms with Crippen molar-refractivity contribution in [3.63, 3.8) is 0 Å². The van der Waals surface area contributed by atoms with E-state index in [1.807, 2.05) is 12.1 Å². The maximum Gasteiger partial charge on any atom is 0.221 e. The van der Waals surface area contributed by atoms with E-state index in [0.29, 0.717) is 11.4 Å². The van der Waals surface area contributed by atoms with E-state index in [2.05, 4.69) is 10.6 Å². The fraction of sp³-hybridized carbons (Fsp3) is 0.500. The topological polar surface area (TPSA) is 78.1 Å². The zero-order valence-corrected chi connectivity index (χ0v) is 12.7. The van der Waals surface area contributed by atoms with Gasteiger partial charge in [0, 0.05) is 13.8 Å². The summed E-state index contributed by atoms with van der Waals surface area (Å²) in [6.45, 7) is 2.87. The van der Waals surface area contributed by atoms with E-state index in [1.165, 1.54) is 13.8 Å². The van der Waals surface area contributed by atoms with Crippen LogP contribution < -0.4 is 10.6 Å². The predicted molar refractivity (Wildman–Crippen MR) is 82.8 cm³/mol. The summed E-state index contributed by atoms with van der Waals surface area (Å²) in [4.78, 5) is 22.4. The number of nitrogens with one attached hydrogen (secondary N) is 2. The number of amides is 2. The molecule has 0 saturated heterocycles. The van der Waals surface area contributed by atoms with E-state index in [0.717, 1.165) is 37.7 Å². The average Bonchev–Trinajstić information content (AvgIpc) is 2.40. The molecule has 0 bridgehead atoms. The summed E-state index contributed by atoms with van der Waals surface area (Å²) in [6.07, 6.45) is 4.64. The number of hydrogen-bond donors (Lipinski definition) is 2. The lowest BCUT2D eigenvalue weighted by Gasteiger charge is -2.12. The monoisotopic (exact) mass is 291 g/mol. The number of unbranched alkanes of at least 4 members (excludes halogenated alkanes) is 3. The molecule has 0 aliphatic rings. The molecule has 0 aromatic heterocycles. The second-order valence-electron chi connectivity index (χ2n) is 5.11. The van der Waals surface area contributed by atoms with Gasteiger partial charge < -0.3 is 10.6 Å². The normalized spacial score (nSPS) is 10.2. The Bertz CT molecular complexity index is 486. The quantitative estimate of drug-likeness (QED) is 0.722. The minimum atomic E-state index is -0.174. The van der Waals surface area contributed by atoms with Crippen molar-refractivity contribution in [2.24, 2.45) is 0 Å². The van der Waals surface area contributed by atoms with Crippen LogP contribution in [0.25, 0.3) is 0 Å². The number of hydrogen-bond acceptors (Lipinski definition) is 2. The van der Waals surface area contributed by atoms with Crippen LogP contribution in [0.2, 0.25) is 0 Å². The summed E-state index contributed by atoms with van der Waals surface area (Å²) in [7, 11) is 0. The van der Waals surface area contributed by atoms with Crippen LogP contribution in [-0.2, 0) is 21.1 Å². The lowest BCUT2D eigenvalue weighted by molar-refractivity contribution is -0.115. The standard InChI is InChI=1S/C16H23N2O3/c1-12(20)17-15-9-8-14(7-5-3-4-6-10-19)11-16(15)18-13(2)21/h8-9,11H,3-7,10H2,1-2H3,(H,17,20)(H,18,21). The summed E-state index contributed by atoms with van der Waals surface area (Å²) in [6, 6.07) is 5.64. The van der Waals surface area contributed by atoms with Crippen LogP contribution in [0.5, 0.6) is 0 Å². The summed E-state index contributed by atoms with van der Waals surface area (Å²) in [5.41, 5.74) is 2.33. The van der Waals surface area contributed by atoms with E-state index < -0.39 is 0 Å². The lowest BCUT2D eigenvalue weighted by Crippen LogP contribution is -2.12. The number of aryl methyl sites for hydroxylation is 1. The van der Waals surface area contributed by atoms with Crippen LogP contribution in [-0.4, -0.2) is 18.4 Å². The van der Waals surface area contributed by atoms with Crippen LogP contribution in [0.15, 0.2) is 18.2 Å². The molecule has 0 aliphatic carbocycles. The molecule has 5 nitrogen and oxygen atoms in total. The second kappa shape index (κ2) is 9.13. The van der Waals surface area contributed by atoms with E-state index in [1.54, 1.807) is 6.07 Å². The minimum Gasteiger partial charge on any atom is -0.325 e. The molecule has 0 spiro atoms. The second-order valence-corrected chi connectivity index (χ2v) is 5.11. The number of carbonyl (C=O) groups is 2. The summed E-state index contributed by atoms with van der Waals surface area (Å²) >= 11 is 0. The summed E-state index contributed by atoms with van der Waals surface area (Å²) in [5, 5.41) is 15.8. The van der Waals surface area contributed by atoms with Gasteiger partial charge in [-0.2, -0.15) is 0 Å². The molecular weight excluding hydrogens is 268 g/mol. The molecule has 2 N–H and O–H groups in total. The Balaban J connectivity index is 2.69. The zero-order valence-electron chi connectivity index (χ0n) is 12.7. The van der Waals surface area contributed by atoms with Crippen molar-refractivity contribution in [3.05, 3.63) is 23.8 Å². The van der Waals surface area contributed by atoms with Gasteiger partial charge >= 0.3 is 0 Å². The number of anilines is 2. The summed E-state index contributed by atoms with van der Waals surface area (Å²) < 4.78 is 0. The van der Waals surface area contributed by atoms with Gasteiger partial charge in [0.2, 0.25) is 11.8 Å². The van der Waals surface area contributed by atoms with Crippen molar-refractivity contribution in [3.8, 4) is 0 Å². The maximum atomic E-state index is 11.2. The van der Waals surface area contributed by atoms with Crippen LogP contribution in [0.3, 0.4) is 0 Å². The molecule has 2 amide bonds. The molecule has 21 heavy (non-hydrogen) atoms. The molecular formula is C16H23N2O3. The first-order valence-corrected chi connectivity index (χ1v) is 7.29. The van der Waals surface area contributed by atoms with Gasteiger partial charge in [0.1, 0.15) is 0 Å². The van der Waals surface area contributed by atoms with Gasteiger partial charge in [-0.25, -0.2) is 5.11 Å². The van der Waals surface area contributed by atoms with E-state index in [-0.39, 0.29) is 18.4 Å². The van der Waals surface area contributed by atoms with Crippen LogP contribution in [0.4, 0.5) is 11.4 Å². The Labute approximate surface area is 125 Å². The average molecular weight is 291 g/mol. The molecule has 0 aliphatic heterocycles. The number of carbonyl (C=O) groups excluding carboxylic acids is 2. The van der Waals surface area contributed by atoms with Crippen molar-refractivity contribution in [1.29, 1.82) is 0 Å². The lowest BCUT2D eigenvalue weighted by atomic mass is 10.0. The Morgan fingerprint density at radius 2 is 1.52 bits per heavy atom. The third kappa shape index (κ3) is 6.90. The van der Waals surface area contributed by atoms with E-state index in [4.69, 9.17) is 0 Å². The SMILES string of the molecule is CC(=O)Nc1ccc(CCCCCC[O])cc1NC(C)=O. The van der Waals surface area contributed by atoms with Gasteiger partial charge in [0.15, 0.2) is 0 Å². The highest BCUT2D eigenvalue weighted by atomic mass is 16.2. The minimum absolute atomic E-state index is 0.00189. The molecule has 1 rings (SSSR count). The molecule has 0 saturated carbocycles. The molecule has 0 heterocycles. The number of rotatable bonds is 8. The zero-order chi connectivity index (χ0) is 15.7. The van der Waals surface area contributed by atoms with Crippen molar-refractivity contribution in [2.45, 2.75) is 46.0 Å². The Kier molecular flexibility index (Phi) is 7.46. The van der Waals surface area contributed by atoms with Crippen LogP contribution in [0.1, 0.15) is 45.1 Å². The third-order valence-corrected chi connectivity index (χ3v) is 3.07. The van der Waals surface area contributed by atoms with E-state index in [9.17, 15) is 14.7 Å². The van der Waals surface area contributed by atoms with Crippen molar-refractivity contribution < 1.29 is 14.7 Å². The van der Waals surface area contributed by atoms with Gasteiger partial charge in [-0.15, -0.1) is 0 Å². The third-order valence-electron chi connectivity index (χ3n) is 3.07. The van der Waals surface area contributed by atoms with Crippen molar-refractivity contribution >= 4 is 23.2 Å². The molecule has 0 unspecified atom stereocenters. The molecule has 1 radical (unpaired) electrons. The Morgan fingerprint density at radius 1 is 0.905 bits per heavy atom. The first kappa shape index (κ1) is 17.2. The number of benzene rings is 1. The smallest absolute Gasteiger partial charge is 0.221 e. The molecule has 1 aromatic carbocycles. The molecule has 5 heteroatoms.